The highest BCUT2D eigenvalue weighted by atomic mass is 16.4. The Bertz CT molecular complexity index is 482. The van der Waals surface area contributed by atoms with Gasteiger partial charge < -0.3 is 14.9 Å². The lowest BCUT2D eigenvalue weighted by Crippen LogP contribution is -2.26. The van der Waals surface area contributed by atoms with E-state index in [1.54, 1.807) is 12.1 Å². The van der Waals surface area contributed by atoms with E-state index in [2.05, 4.69) is 18.4 Å². The van der Waals surface area contributed by atoms with Crippen molar-refractivity contribution < 1.29 is 9.90 Å². The third kappa shape index (κ3) is 1.65. The van der Waals surface area contributed by atoms with Gasteiger partial charge in [-0.15, -0.1) is 0 Å². The molecule has 0 unspecified atom stereocenters. The Labute approximate surface area is 101 Å². The van der Waals surface area contributed by atoms with E-state index in [-0.39, 0.29) is 0 Å². The van der Waals surface area contributed by atoms with Gasteiger partial charge in [0.05, 0.1) is 16.9 Å². The number of carboxylic acids is 1. The molecular formula is C13H16N2O2. The lowest BCUT2D eigenvalue weighted by molar-refractivity contribution is 0.0697. The molecule has 90 valence electrons. The van der Waals surface area contributed by atoms with Crippen molar-refractivity contribution in [1.29, 1.82) is 0 Å². The molecule has 17 heavy (non-hydrogen) atoms. The van der Waals surface area contributed by atoms with Crippen molar-refractivity contribution in [3.63, 3.8) is 0 Å². The topological polar surface area (TPSA) is 43.8 Å². The van der Waals surface area contributed by atoms with Crippen LogP contribution in [0.15, 0.2) is 30.6 Å². The first kappa shape index (κ1) is 11.5. The second-order valence-electron chi connectivity index (χ2n) is 3.91. The molecule has 0 radical (unpaired) electrons. The van der Waals surface area contributed by atoms with Crippen LogP contribution in [0, 0.1) is 0 Å². The van der Waals surface area contributed by atoms with E-state index in [1.807, 2.05) is 17.9 Å². The Morgan fingerprint density at radius 2 is 1.82 bits per heavy atom. The maximum absolute atomic E-state index is 11.0. The van der Waals surface area contributed by atoms with E-state index >= 15 is 0 Å². The van der Waals surface area contributed by atoms with Crippen molar-refractivity contribution in [2.45, 2.75) is 13.8 Å². The summed E-state index contributed by atoms with van der Waals surface area (Å²) in [5, 5.41) is 9.01. The van der Waals surface area contributed by atoms with Gasteiger partial charge in [0, 0.05) is 13.1 Å². The van der Waals surface area contributed by atoms with E-state index in [0.29, 0.717) is 5.56 Å². The minimum Gasteiger partial charge on any atom is -0.478 e. The molecule has 1 aliphatic heterocycles. The third-order valence-corrected chi connectivity index (χ3v) is 3.06. The van der Waals surface area contributed by atoms with Gasteiger partial charge in [-0.25, -0.2) is 4.79 Å². The number of aromatic carboxylic acids is 1. The minimum atomic E-state index is -0.899. The summed E-state index contributed by atoms with van der Waals surface area (Å²) >= 11 is 0. The molecule has 0 aromatic heterocycles. The van der Waals surface area contributed by atoms with Crippen LogP contribution in [0.3, 0.4) is 0 Å². The van der Waals surface area contributed by atoms with Crippen LogP contribution < -0.4 is 9.80 Å². The molecule has 2 rings (SSSR count). The van der Waals surface area contributed by atoms with Gasteiger partial charge in [0.25, 0.3) is 0 Å². The Morgan fingerprint density at radius 1 is 1.24 bits per heavy atom. The number of hydrogen-bond acceptors (Lipinski definition) is 3. The van der Waals surface area contributed by atoms with E-state index in [4.69, 9.17) is 5.11 Å². The molecule has 4 nitrogen and oxygen atoms in total. The molecule has 0 bridgehead atoms. The molecule has 1 aromatic carbocycles. The monoisotopic (exact) mass is 232 g/mol. The predicted octanol–water partition coefficient (Wildman–Crippen LogP) is 2.52. The average molecular weight is 232 g/mol. The number of nitrogens with zero attached hydrogens (tertiary/aromatic N) is 2. The summed E-state index contributed by atoms with van der Waals surface area (Å²) in [6.45, 7) is 9.75. The SMILES string of the molecule is C=C1N(CC)c2ccc(C(=O)O)cc2N1CC. The van der Waals surface area contributed by atoms with Crippen molar-refractivity contribution in [3.8, 4) is 0 Å². The Hall–Kier alpha value is -1.97. The number of benzene rings is 1. The van der Waals surface area contributed by atoms with Crippen LogP contribution in [-0.4, -0.2) is 24.2 Å². The van der Waals surface area contributed by atoms with Crippen molar-refractivity contribution in [2.24, 2.45) is 0 Å². The van der Waals surface area contributed by atoms with Gasteiger partial charge >= 0.3 is 5.97 Å². The fourth-order valence-corrected chi connectivity index (χ4v) is 2.23. The molecular weight excluding hydrogens is 216 g/mol. The molecule has 0 atom stereocenters. The molecule has 0 spiro atoms. The number of carboxylic acid groups (broad SMARTS) is 1. The van der Waals surface area contributed by atoms with Crippen LogP contribution in [0.5, 0.6) is 0 Å². The smallest absolute Gasteiger partial charge is 0.335 e. The van der Waals surface area contributed by atoms with Gasteiger partial charge in [-0.1, -0.05) is 6.58 Å². The average Bonchev–Trinajstić information content (AvgIpc) is 2.58. The Balaban J connectivity index is 2.54. The molecule has 0 saturated heterocycles. The summed E-state index contributed by atoms with van der Waals surface area (Å²) in [5.41, 5.74) is 2.27. The molecule has 0 aliphatic carbocycles. The highest BCUT2D eigenvalue weighted by Crippen LogP contribution is 2.41. The van der Waals surface area contributed by atoms with Gasteiger partial charge in [-0.3, -0.25) is 0 Å². The molecule has 1 N–H and O–H groups in total. The second-order valence-corrected chi connectivity index (χ2v) is 3.91. The van der Waals surface area contributed by atoms with Crippen molar-refractivity contribution in [3.05, 3.63) is 36.2 Å². The van der Waals surface area contributed by atoms with Crippen LogP contribution in [0.1, 0.15) is 24.2 Å². The summed E-state index contributed by atoms with van der Waals surface area (Å²) in [5.74, 6) is 0.0111. The van der Waals surface area contributed by atoms with Crippen LogP contribution in [0.4, 0.5) is 11.4 Å². The largest absolute Gasteiger partial charge is 0.478 e. The third-order valence-electron chi connectivity index (χ3n) is 3.06. The fraction of sp³-hybridized carbons (Fsp3) is 0.308. The minimum absolute atomic E-state index is 0.313. The van der Waals surface area contributed by atoms with Gasteiger partial charge in [0.2, 0.25) is 0 Å². The van der Waals surface area contributed by atoms with E-state index in [9.17, 15) is 4.79 Å². The summed E-state index contributed by atoms with van der Waals surface area (Å²) < 4.78 is 0. The molecule has 4 heteroatoms. The quantitative estimate of drug-likeness (QED) is 0.869. The fourth-order valence-electron chi connectivity index (χ4n) is 2.23. The van der Waals surface area contributed by atoms with Crippen molar-refractivity contribution in [2.75, 3.05) is 22.9 Å². The molecule has 1 aromatic rings. The first-order valence-corrected chi connectivity index (χ1v) is 5.71. The van der Waals surface area contributed by atoms with E-state index < -0.39 is 5.97 Å². The van der Waals surface area contributed by atoms with Crippen LogP contribution in [0.25, 0.3) is 0 Å². The summed E-state index contributed by atoms with van der Waals surface area (Å²) in [6, 6.07) is 5.20. The van der Waals surface area contributed by atoms with Gasteiger partial charge in [-0.05, 0) is 32.0 Å². The van der Waals surface area contributed by atoms with Crippen molar-refractivity contribution in [1.82, 2.24) is 0 Å². The van der Waals surface area contributed by atoms with E-state index in [1.165, 1.54) is 0 Å². The number of rotatable bonds is 3. The first-order chi connectivity index (χ1) is 8.10. The molecule has 1 aliphatic rings. The molecule has 0 fully saturated rings. The first-order valence-electron chi connectivity index (χ1n) is 5.71. The molecule has 0 amide bonds. The maximum Gasteiger partial charge on any atom is 0.335 e. The Kier molecular flexibility index (Phi) is 2.79. The van der Waals surface area contributed by atoms with Crippen LogP contribution >= 0.6 is 0 Å². The zero-order valence-electron chi connectivity index (χ0n) is 10.1. The Morgan fingerprint density at radius 3 is 2.35 bits per heavy atom. The number of fused-ring (bicyclic) bond motifs is 1. The normalized spacial score (nSPS) is 14.1. The summed E-state index contributed by atoms with van der Waals surface area (Å²) in [6.07, 6.45) is 0. The highest BCUT2D eigenvalue weighted by Gasteiger charge is 2.28. The lowest BCUT2D eigenvalue weighted by Gasteiger charge is -2.21. The summed E-state index contributed by atoms with van der Waals surface area (Å²) in [4.78, 5) is 15.1. The lowest BCUT2D eigenvalue weighted by atomic mass is 10.1. The van der Waals surface area contributed by atoms with Gasteiger partial charge in [0.1, 0.15) is 5.82 Å². The summed E-state index contributed by atoms with van der Waals surface area (Å²) in [7, 11) is 0. The van der Waals surface area contributed by atoms with Gasteiger partial charge in [-0.2, -0.15) is 0 Å². The highest BCUT2D eigenvalue weighted by molar-refractivity contribution is 5.93. The second kappa shape index (κ2) is 4.13. The maximum atomic E-state index is 11.0. The van der Waals surface area contributed by atoms with Crippen LogP contribution in [0.2, 0.25) is 0 Å². The van der Waals surface area contributed by atoms with Gasteiger partial charge in [0.15, 0.2) is 0 Å². The van der Waals surface area contributed by atoms with Crippen LogP contribution in [-0.2, 0) is 0 Å². The number of carbonyl (C=O) groups is 1. The zero-order valence-corrected chi connectivity index (χ0v) is 10.1. The standard InChI is InChI=1S/C13H16N2O2/c1-4-14-9(3)15(5-2)12-8-10(13(16)17)6-7-11(12)14/h6-8H,3-5H2,1-2H3,(H,16,17). The van der Waals surface area contributed by atoms with Crippen molar-refractivity contribution >= 4 is 17.3 Å². The number of hydrogen-bond donors (Lipinski definition) is 1. The molecule has 1 heterocycles. The molecule has 0 saturated carbocycles. The zero-order chi connectivity index (χ0) is 12.6. The van der Waals surface area contributed by atoms with E-state index in [0.717, 1.165) is 30.3 Å². The predicted molar refractivity (Wildman–Crippen MR) is 68.6 cm³/mol. The number of anilines is 2.